The van der Waals surface area contributed by atoms with E-state index in [4.69, 9.17) is 10.4 Å². The summed E-state index contributed by atoms with van der Waals surface area (Å²) in [5.74, 6) is -2.69. The van der Waals surface area contributed by atoms with E-state index in [2.05, 4.69) is 0 Å². The maximum absolute atomic E-state index is 13.1. The van der Waals surface area contributed by atoms with E-state index in [0.29, 0.717) is 0 Å². The SMILES string of the molecule is CCC(C(=O)O)S(=O)(=O)Cc1ccc(F)c(C#N)c1. The number of benzene rings is 1. The standard InChI is InChI=1S/C12H12FNO4S/c1-2-11(12(15)16)19(17,18)7-8-3-4-10(13)9(5-8)6-14/h3-5,11H,2,7H2,1H3,(H,15,16). The van der Waals surface area contributed by atoms with Gasteiger partial charge in [0.05, 0.1) is 11.3 Å². The van der Waals surface area contributed by atoms with E-state index in [0.717, 1.165) is 12.1 Å². The van der Waals surface area contributed by atoms with Gasteiger partial charge in [0.1, 0.15) is 11.9 Å². The zero-order valence-electron chi connectivity index (χ0n) is 10.1. The second-order valence-corrected chi connectivity index (χ2v) is 6.15. The van der Waals surface area contributed by atoms with Gasteiger partial charge in [0.25, 0.3) is 0 Å². The molecule has 1 aromatic rings. The Morgan fingerprint density at radius 1 is 1.53 bits per heavy atom. The number of carbonyl (C=O) groups is 1. The molecule has 1 unspecified atom stereocenters. The average Bonchev–Trinajstić information content (AvgIpc) is 2.31. The third kappa shape index (κ3) is 3.51. The second kappa shape index (κ2) is 5.80. The van der Waals surface area contributed by atoms with E-state index in [1.54, 1.807) is 6.07 Å². The summed E-state index contributed by atoms with van der Waals surface area (Å²) >= 11 is 0. The Balaban J connectivity index is 3.09. The summed E-state index contributed by atoms with van der Waals surface area (Å²) in [4.78, 5) is 10.9. The fraction of sp³-hybridized carbons (Fsp3) is 0.333. The fourth-order valence-electron chi connectivity index (χ4n) is 1.66. The minimum absolute atomic E-state index is 0.0516. The van der Waals surface area contributed by atoms with E-state index in [-0.39, 0.29) is 17.5 Å². The lowest BCUT2D eigenvalue weighted by molar-refractivity contribution is -0.136. The molecule has 1 atom stereocenters. The van der Waals surface area contributed by atoms with Gasteiger partial charge in [-0.2, -0.15) is 5.26 Å². The van der Waals surface area contributed by atoms with Gasteiger partial charge in [0.15, 0.2) is 15.1 Å². The van der Waals surface area contributed by atoms with Crippen LogP contribution in [0.15, 0.2) is 18.2 Å². The van der Waals surface area contributed by atoms with Crippen molar-refractivity contribution >= 4 is 15.8 Å². The number of nitriles is 1. The molecule has 7 heteroatoms. The van der Waals surface area contributed by atoms with Crippen LogP contribution in [0.5, 0.6) is 0 Å². The molecule has 0 aliphatic carbocycles. The van der Waals surface area contributed by atoms with Gasteiger partial charge in [-0.3, -0.25) is 4.79 Å². The molecule has 0 heterocycles. The Labute approximate surface area is 110 Å². The minimum atomic E-state index is -3.89. The van der Waals surface area contributed by atoms with Crippen molar-refractivity contribution in [3.8, 4) is 6.07 Å². The highest BCUT2D eigenvalue weighted by Crippen LogP contribution is 2.17. The highest BCUT2D eigenvalue weighted by Gasteiger charge is 2.30. The molecule has 0 bridgehead atoms. The fourth-order valence-corrected chi connectivity index (χ4v) is 3.32. The zero-order valence-corrected chi connectivity index (χ0v) is 10.9. The molecule has 0 fully saturated rings. The Bertz CT molecular complexity index is 634. The van der Waals surface area contributed by atoms with Crippen LogP contribution in [-0.2, 0) is 20.4 Å². The third-order valence-corrected chi connectivity index (χ3v) is 4.74. The predicted octanol–water partition coefficient (Wildman–Crippen LogP) is 1.48. The Morgan fingerprint density at radius 2 is 2.16 bits per heavy atom. The van der Waals surface area contributed by atoms with Crippen LogP contribution in [0.2, 0.25) is 0 Å². The summed E-state index contributed by atoms with van der Waals surface area (Å²) < 4.78 is 36.9. The molecule has 1 N–H and O–H groups in total. The first-order chi connectivity index (χ1) is 8.81. The number of rotatable bonds is 5. The van der Waals surface area contributed by atoms with Gasteiger partial charge in [-0.15, -0.1) is 0 Å². The van der Waals surface area contributed by atoms with E-state index in [1.807, 2.05) is 0 Å². The maximum atomic E-state index is 13.1. The number of hydrogen-bond acceptors (Lipinski definition) is 4. The number of sulfone groups is 1. The van der Waals surface area contributed by atoms with E-state index in [9.17, 15) is 17.6 Å². The van der Waals surface area contributed by atoms with Crippen molar-refractivity contribution < 1.29 is 22.7 Å². The molecule has 5 nitrogen and oxygen atoms in total. The highest BCUT2D eigenvalue weighted by atomic mass is 32.2. The third-order valence-electron chi connectivity index (χ3n) is 2.60. The van der Waals surface area contributed by atoms with Gasteiger partial charge in [-0.1, -0.05) is 13.0 Å². The number of halogens is 1. The number of nitrogens with zero attached hydrogens (tertiary/aromatic N) is 1. The van der Waals surface area contributed by atoms with Crippen LogP contribution in [0.4, 0.5) is 4.39 Å². The quantitative estimate of drug-likeness (QED) is 0.884. The number of carboxylic acids is 1. The van der Waals surface area contributed by atoms with Gasteiger partial charge in [0.2, 0.25) is 0 Å². The molecule has 0 aliphatic rings. The molecule has 0 aliphatic heterocycles. The van der Waals surface area contributed by atoms with Crippen molar-refractivity contribution in [2.24, 2.45) is 0 Å². The van der Waals surface area contributed by atoms with Crippen molar-refractivity contribution in [2.75, 3.05) is 0 Å². The molecule has 0 radical (unpaired) electrons. The average molecular weight is 285 g/mol. The number of carboxylic acid groups (broad SMARTS) is 1. The number of hydrogen-bond donors (Lipinski definition) is 1. The van der Waals surface area contributed by atoms with Gasteiger partial charge < -0.3 is 5.11 Å². The summed E-state index contributed by atoms with van der Waals surface area (Å²) in [6.45, 7) is 1.46. The molecule has 19 heavy (non-hydrogen) atoms. The Hall–Kier alpha value is -1.94. The van der Waals surface area contributed by atoms with E-state index < -0.39 is 32.6 Å². The summed E-state index contributed by atoms with van der Waals surface area (Å²) in [5, 5.41) is 16.0. The van der Waals surface area contributed by atoms with Crippen LogP contribution in [0.3, 0.4) is 0 Å². The highest BCUT2D eigenvalue weighted by molar-refractivity contribution is 7.92. The molecule has 102 valence electrons. The second-order valence-electron chi connectivity index (χ2n) is 3.97. The molecule has 1 rings (SSSR count). The normalized spacial score (nSPS) is 12.7. The molecular formula is C12H12FNO4S. The lowest BCUT2D eigenvalue weighted by atomic mass is 10.1. The molecular weight excluding hydrogens is 273 g/mol. The first-order valence-electron chi connectivity index (χ1n) is 5.44. The van der Waals surface area contributed by atoms with Crippen molar-refractivity contribution in [3.05, 3.63) is 35.1 Å². The van der Waals surface area contributed by atoms with Gasteiger partial charge >= 0.3 is 5.97 Å². The number of aliphatic carboxylic acids is 1. The van der Waals surface area contributed by atoms with E-state index >= 15 is 0 Å². The van der Waals surface area contributed by atoms with Crippen LogP contribution in [0.25, 0.3) is 0 Å². The smallest absolute Gasteiger partial charge is 0.321 e. The topological polar surface area (TPSA) is 95.2 Å². The summed E-state index contributed by atoms with van der Waals surface area (Å²) in [6.07, 6.45) is -0.0516. The van der Waals surface area contributed by atoms with Gasteiger partial charge in [0, 0.05) is 0 Å². The summed E-state index contributed by atoms with van der Waals surface area (Å²) in [6, 6.07) is 4.93. The lowest BCUT2D eigenvalue weighted by Gasteiger charge is -2.11. The first kappa shape index (κ1) is 15.1. The molecule has 0 spiro atoms. The molecule has 0 saturated carbocycles. The predicted molar refractivity (Wildman–Crippen MR) is 65.5 cm³/mol. The van der Waals surface area contributed by atoms with Gasteiger partial charge in [-0.05, 0) is 24.1 Å². The van der Waals surface area contributed by atoms with Crippen LogP contribution in [0, 0.1) is 17.1 Å². The zero-order chi connectivity index (χ0) is 14.6. The largest absolute Gasteiger partial charge is 0.480 e. The van der Waals surface area contributed by atoms with Crippen LogP contribution in [0.1, 0.15) is 24.5 Å². The lowest BCUT2D eigenvalue weighted by Crippen LogP contribution is -2.30. The van der Waals surface area contributed by atoms with Crippen LogP contribution in [-0.4, -0.2) is 24.7 Å². The Morgan fingerprint density at radius 3 is 2.63 bits per heavy atom. The molecule has 0 saturated heterocycles. The first-order valence-corrected chi connectivity index (χ1v) is 7.16. The Kier molecular flexibility index (Phi) is 4.62. The van der Waals surface area contributed by atoms with Gasteiger partial charge in [-0.25, -0.2) is 12.8 Å². The monoisotopic (exact) mass is 285 g/mol. The van der Waals surface area contributed by atoms with Crippen LogP contribution < -0.4 is 0 Å². The summed E-state index contributed by atoms with van der Waals surface area (Å²) in [7, 11) is -3.89. The minimum Gasteiger partial charge on any atom is -0.480 e. The van der Waals surface area contributed by atoms with Crippen LogP contribution >= 0.6 is 0 Å². The molecule has 0 amide bonds. The van der Waals surface area contributed by atoms with Crippen molar-refractivity contribution in [2.45, 2.75) is 24.3 Å². The van der Waals surface area contributed by atoms with Crippen molar-refractivity contribution in [1.29, 1.82) is 5.26 Å². The van der Waals surface area contributed by atoms with Crippen molar-refractivity contribution in [1.82, 2.24) is 0 Å². The summed E-state index contributed by atoms with van der Waals surface area (Å²) in [5.41, 5.74) is -0.0753. The maximum Gasteiger partial charge on any atom is 0.321 e. The molecule has 1 aromatic carbocycles. The molecule has 0 aromatic heterocycles. The van der Waals surface area contributed by atoms with E-state index in [1.165, 1.54) is 13.0 Å². The van der Waals surface area contributed by atoms with Crippen molar-refractivity contribution in [3.63, 3.8) is 0 Å².